The highest BCUT2D eigenvalue weighted by molar-refractivity contribution is 7.17. The van der Waals surface area contributed by atoms with E-state index in [2.05, 4.69) is 11.1 Å². The van der Waals surface area contributed by atoms with Gasteiger partial charge in [0.2, 0.25) is 0 Å². The van der Waals surface area contributed by atoms with Gasteiger partial charge in [-0.3, -0.25) is 4.79 Å². The Hall–Kier alpha value is -2.72. The summed E-state index contributed by atoms with van der Waals surface area (Å²) < 4.78 is 13.2. The number of carbonyl (C=O) groups is 1. The molecule has 0 aliphatic rings. The first-order valence-electron chi connectivity index (χ1n) is 7.64. The predicted octanol–water partition coefficient (Wildman–Crippen LogP) is 5.46. The zero-order valence-corrected chi connectivity index (χ0v) is 13.6. The first-order chi connectivity index (χ1) is 11.7. The molecule has 118 valence electrons. The number of aromatic amines is 1. The molecule has 0 spiro atoms. The molecule has 0 radical (unpaired) electrons. The number of rotatable bonds is 4. The van der Waals surface area contributed by atoms with Crippen molar-refractivity contribution in [3.05, 3.63) is 83.1 Å². The van der Waals surface area contributed by atoms with Crippen molar-refractivity contribution in [3.63, 3.8) is 0 Å². The van der Waals surface area contributed by atoms with Gasteiger partial charge in [0.05, 0.1) is 4.88 Å². The third-order valence-electron chi connectivity index (χ3n) is 3.97. The molecule has 0 saturated carbocycles. The summed E-state index contributed by atoms with van der Waals surface area (Å²) in [7, 11) is 0. The molecule has 0 bridgehead atoms. The quantitative estimate of drug-likeness (QED) is 0.493. The van der Waals surface area contributed by atoms with Crippen molar-refractivity contribution in [2.45, 2.75) is 6.42 Å². The molecule has 2 aromatic carbocycles. The Morgan fingerprint density at radius 1 is 1.04 bits per heavy atom. The van der Waals surface area contributed by atoms with Crippen molar-refractivity contribution in [2.75, 3.05) is 0 Å². The topological polar surface area (TPSA) is 32.9 Å². The molecule has 4 heteroatoms. The third-order valence-corrected chi connectivity index (χ3v) is 5.15. The van der Waals surface area contributed by atoms with Crippen LogP contribution in [-0.2, 0) is 6.42 Å². The summed E-state index contributed by atoms with van der Waals surface area (Å²) >= 11 is 1.48. The monoisotopic (exact) mass is 335 g/mol. The van der Waals surface area contributed by atoms with Gasteiger partial charge in [-0.2, -0.15) is 0 Å². The van der Waals surface area contributed by atoms with E-state index < -0.39 is 0 Å². The van der Waals surface area contributed by atoms with E-state index in [1.165, 1.54) is 23.5 Å². The van der Waals surface area contributed by atoms with Crippen molar-refractivity contribution in [2.24, 2.45) is 0 Å². The Morgan fingerprint density at radius 2 is 1.96 bits per heavy atom. The lowest BCUT2D eigenvalue weighted by atomic mass is 10.1. The Kier molecular flexibility index (Phi) is 3.75. The highest BCUT2D eigenvalue weighted by Crippen LogP contribution is 2.31. The summed E-state index contributed by atoms with van der Waals surface area (Å²) in [6.45, 7) is 0. The average Bonchev–Trinajstić information content (AvgIpc) is 3.23. The van der Waals surface area contributed by atoms with E-state index in [1.807, 2.05) is 36.5 Å². The second-order valence-electron chi connectivity index (χ2n) is 5.67. The molecule has 0 saturated heterocycles. The number of carbonyl (C=O) groups excluding carboxylic acids is 1. The lowest BCUT2D eigenvalue weighted by molar-refractivity contribution is 0.0997. The van der Waals surface area contributed by atoms with E-state index in [9.17, 15) is 9.18 Å². The molecular formula is C20H14FNOS. The molecule has 4 rings (SSSR count). The smallest absolute Gasteiger partial charge is 0.177 e. The van der Waals surface area contributed by atoms with Crippen molar-refractivity contribution in [3.8, 4) is 10.4 Å². The predicted molar refractivity (Wildman–Crippen MR) is 96.0 cm³/mol. The molecule has 0 amide bonds. The van der Waals surface area contributed by atoms with Crippen LogP contribution in [0.2, 0.25) is 0 Å². The van der Waals surface area contributed by atoms with Crippen molar-refractivity contribution in [1.82, 2.24) is 4.98 Å². The molecule has 2 heterocycles. The molecule has 4 aromatic rings. The maximum atomic E-state index is 13.2. The molecule has 2 aromatic heterocycles. The fourth-order valence-electron chi connectivity index (χ4n) is 2.77. The Labute approximate surface area is 142 Å². The van der Waals surface area contributed by atoms with Crippen LogP contribution in [0.25, 0.3) is 21.3 Å². The highest BCUT2D eigenvalue weighted by atomic mass is 32.1. The Balaban J connectivity index is 1.58. The van der Waals surface area contributed by atoms with Crippen LogP contribution < -0.4 is 0 Å². The van der Waals surface area contributed by atoms with Crippen LogP contribution in [0, 0.1) is 5.82 Å². The van der Waals surface area contributed by atoms with Gasteiger partial charge in [-0.25, -0.2) is 4.39 Å². The number of aromatic nitrogens is 1. The Bertz CT molecular complexity index is 1030. The number of hydrogen-bond donors (Lipinski definition) is 1. The number of thiophene rings is 1. The van der Waals surface area contributed by atoms with E-state index >= 15 is 0 Å². The molecule has 0 fully saturated rings. The maximum absolute atomic E-state index is 13.2. The van der Waals surface area contributed by atoms with E-state index in [4.69, 9.17) is 0 Å². The van der Waals surface area contributed by atoms with Crippen molar-refractivity contribution >= 4 is 28.0 Å². The zero-order valence-electron chi connectivity index (χ0n) is 12.8. The van der Waals surface area contributed by atoms with Gasteiger partial charge in [0.15, 0.2) is 5.78 Å². The second kappa shape index (κ2) is 6.06. The summed E-state index contributed by atoms with van der Waals surface area (Å²) in [5.41, 5.74) is 2.89. The first kappa shape index (κ1) is 14.8. The van der Waals surface area contributed by atoms with Crippen LogP contribution in [0.3, 0.4) is 0 Å². The second-order valence-corrected chi connectivity index (χ2v) is 6.76. The summed E-state index contributed by atoms with van der Waals surface area (Å²) in [6, 6.07) is 18.2. The zero-order chi connectivity index (χ0) is 16.5. The molecular weight excluding hydrogens is 321 g/mol. The van der Waals surface area contributed by atoms with Crippen LogP contribution >= 0.6 is 11.3 Å². The van der Waals surface area contributed by atoms with E-state index in [0.29, 0.717) is 10.4 Å². The van der Waals surface area contributed by atoms with Gasteiger partial charge >= 0.3 is 0 Å². The normalized spacial score (nSPS) is 11.0. The van der Waals surface area contributed by atoms with Crippen LogP contribution in [0.1, 0.15) is 15.2 Å². The molecule has 24 heavy (non-hydrogen) atoms. The molecule has 0 aliphatic carbocycles. The summed E-state index contributed by atoms with van der Waals surface area (Å²) in [6.07, 6.45) is 2.13. The minimum atomic E-state index is -0.313. The molecule has 2 nitrogen and oxygen atoms in total. The van der Waals surface area contributed by atoms with E-state index in [-0.39, 0.29) is 18.0 Å². The average molecular weight is 335 g/mol. The number of halogens is 1. The van der Waals surface area contributed by atoms with Crippen molar-refractivity contribution < 1.29 is 9.18 Å². The molecule has 1 N–H and O–H groups in total. The molecule has 0 unspecified atom stereocenters. The van der Waals surface area contributed by atoms with E-state index in [0.717, 1.165) is 21.3 Å². The standard InChI is InChI=1S/C20H14FNOS/c21-16-3-1-2-13(10-16)11-18(23)20-7-6-19(24-20)15-4-5-17-14(12-15)8-9-22-17/h1-10,12,22H,11H2. The van der Waals surface area contributed by atoms with Crippen LogP contribution in [-0.4, -0.2) is 10.8 Å². The minimum Gasteiger partial charge on any atom is -0.361 e. The lowest BCUT2D eigenvalue weighted by Crippen LogP contribution is -2.01. The minimum absolute atomic E-state index is 0.0135. The van der Waals surface area contributed by atoms with Gasteiger partial charge in [0.25, 0.3) is 0 Å². The summed E-state index contributed by atoms with van der Waals surface area (Å²) in [5, 5.41) is 1.15. The number of hydrogen-bond acceptors (Lipinski definition) is 2. The van der Waals surface area contributed by atoms with Crippen LogP contribution in [0.15, 0.2) is 66.9 Å². The number of fused-ring (bicyclic) bond motifs is 1. The summed E-state index contributed by atoms with van der Waals surface area (Å²) in [4.78, 5) is 17.4. The fourth-order valence-corrected chi connectivity index (χ4v) is 3.71. The number of Topliss-reactive ketones (excluding diaryl/α,β-unsaturated/α-hetero) is 1. The maximum Gasteiger partial charge on any atom is 0.177 e. The number of H-pyrrole nitrogens is 1. The SMILES string of the molecule is O=C(Cc1cccc(F)c1)c1ccc(-c2ccc3[nH]ccc3c2)s1. The van der Waals surface area contributed by atoms with Gasteiger partial charge in [0, 0.05) is 23.0 Å². The fraction of sp³-hybridized carbons (Fsp3) is 0.0500. The first-order valence-corrected chi connectivity index (χ1v) is 8.46. The molecule has 0 aliphatic heterocycles. The van der Waals surface area contributed by atoms with Gasteiger partial charge in [0.1, 0.15) is 5.82 Å². The number of ketones is 1. The van der Waals surface area contributed by atoms with Gasteiger partial charge in [-0.15, -0.1) is 11.3 Å². The third kappa shape index (κ3) is 2.88. The van der Waals surface area contributed by atoms with Gasteiger partial charge in [-0.05, 0) is 59.0 Å². The number of nitrogens with one attached hydrogen (secondary N) is 1. The highest BCUT2D eigenvalue weighted by Gasteiger charge is 2.12. The summed E-state index contributed by atoms with van der Waals surface area (Å²) in [5.74, 6) is -0.299. The lowest BCUT2D eigenvalue weighted by Gasteiger charge is -2.00. The van der Waals surface area contributed by atoms with Gasteiger partial charge < -0.3 is 4.98 Å². The molecule has 0 atom stereocenters. The number of benzene rings is 2. The van der Waals surface area contributed by atoms with E-state index in [1.54, 1.807) is 12.1 Å². The van der Waals surface area contributed by atoms with Gasteiger partial charge in [-0.1, -0.05) is 18.2 Å². The van der Waals surface area contributed by atoms with Crippen molar-refractivity contribution in [1.29, 1.82) is 0 Å². The largest absolute Gasteiger partial charge is 0.361 e. The van der Waals surface area contributed by atoms with Crippen LogP contribution in [0.4, 0.5) is 4.39 Å². The Morgan fingerprint density at radius 3 is 2.83 bits per heavy atom. The van der Waals surface area contributed by atoms with Crippen LogP contribution in [0.5, 0.6) is 0 Å².